The predicted octanol–water partition coefficient (Wildman–Crippen LogP) is -0.921. The van der Waals surface area contributed by atoms with Crippen molar-refractivity contribution in [1.29, 1.82) is 0 Å². The van der Waals surface area contributed by atoms with E-state index in [-0.39, 0.29) is 38.8 Å². The van der Waals surface area contributed by atoms with Gasteiger partial charge in [0.15, 0.2) is 0 Å². The molecule has 5 N–H and O–H groups in total. The maximum absolute atomic E-state index is 8.96. The van der Waals surface area contributed by atoms with Crippen molar-refractivity contribution in [3.63, 3.8) is 0 Å². The Hall–Kier alpha value is 0.904. The first-order valence-electron chi connectivity index (χ1n) is 3.41. The van der Waals surface area contributed by atoms with Crippen LogP contribution >= 0.6 is 0 Å². The molecule has 0 aromatic heterocycles. The van der Waals surface area contributed by atoms with Gasteiger partial charge in [-0.2, -0.15) is 0 Å². The van der Waals surface area contributed by atoms with Crippen molar-refractivity contribution in [3.05, 3.63) is 5.73 Å². The molecule has 3 unspecified atom stereocenters. The molecule has 0 saturated carbocycles. The van der Waals surface area contributed by atoms with Gasteiger partial charge in [0.2, 0.25) is 0 Å². The molecule has 12 heavy (non-hydrogen) atoms. The van der Waals surface area contributed by atoms with E-state index >= 15 is 0 Å². The number of aliphatic hydroxyl groups is 2. The Morgan fingerprint density at radius 1 is 1.50 bits per heavy atom. The van der Waals surface area contributed by atoms with Gasteiger partial charge in [0.1, 0.15) is 0 Å². The Morgan fingerprint density at radius 2 is 2.00 bits per heavy atom. The largest absolute Gasteiger partial charge is 0.650 e. The fourth-order valence-corrected chi connectivity index (χ4v) is 0.840. The molecular weight excluding hydrogens is 237 g/mol. The molecule has 1 saturated heterocycles. The summed E-state index contributed by atoms with van der Waals surface area (Å²) in [5.41, 5.74) is 12.5. The van der Waals surface area contributed by atoms with E-state index in [2.05, 4.69) is 0 Å². The third-order valence-corrected chi connectivity index (χ3v) is 1.38. The molecule has 0 aromatic rings. The Kier molecular flexibility index (Phi) is 10.9. The number of ether oxygens (including phenoxy) is 1. The zero-order valence-electron chi connectivity index (χ0n) is 7.10. The van der Waals surface area contributed by atoms with Crippen LogP contribution in [0.15, 0.2) is 0 Å². The van der Waals surface area contributed by atoms with Gasteiger partial charge in [-0.1, -0.05) is 0 Å². The van der Waals surface area contributed by atoms with Crippen molar-refractivity contribution >= 4 is 0 Å². The van der Waals surface area contributed by atoms with Crippen LogP contribution in [0, 0.1) is 0 Å². The Balaban J connectivity index is 0. The van der Waals surface area contributed by atoms with E-state index in [1.807, 2.05) is 0 Å². The van der Waals surface area contributed by atoms with Crippen LogP contribution in [0.4, 0.5) is 0 Å². The van der Waals surface area contributed by atoms with Gasteiger partial charge in [-0.15, -0.1) is 0 Å². The molecule has 71 valence electrons. The molecule has 1 fully saturated rings. The molecule has 3 atom stereocenters. The van der Waals surface area contributed by atoms with Gasteiger partial charge in [-0.25, -0.2) is 0 Å². The van der Waals surface area contributed by atoms with Gasteiger partial charge < -0.3 is 26.4 Å². The summed E-state index contributed by atoms with van der Waals surface area (Å²) in [6.07, 6.45) is -1.01. The summed E-state index contributed by atoms with van der Waals surface area (Å²) in [6.45, 7) is 0.394. The summed E-state index contributed by atoms with van der Waals surface area (Å²) in [6, 6.07) is -0.0957. The van der Waals surface area contributed by atoms with Crippen LogP contribution in [0.5, 0.6) is 0 Å². The summed E-state index contributed by atoms with van der Waals surface area (Å²) in [5, 5.41) is 16.0. The molecule has 6 heteroatoms. The summed E-state index contributed by atoms with van der Waals surface area (Å²) < 4.78 is 4.79. The quantitative estimate of drug-likeness (QED) is 0.519. The van der Waals surface area contributed by atoms with Crippen LogP contribution in [0.25, 0.3) is 5.73 Å². The molecule has 1 rings (SSSR count). The van der Waals surface area contributed by atoms with Crippen molar-refractivity contribution in [1.82, 2.24) is 0 Å². The standard InChI is InChI=1S/C5H11N2O2.CH4O.Y/c6-3-1-4(8)5(7)9-2-3;1-2;/h3-5,7-8H,1-2,6H2;2H,1H3;/q-1;;. The van der Waals surface area contributed by atoms with E-state index in [0.717, 1.165) is 7.11 Å². The maximum atomic E-state index is 8.96. The third kappa shape index (κ3) is 5.53. The first-order valence-corrected chi connectivity index (χ1v) is 3.41. The van der Waals surface area contributed by atoms with E-state index in [0.29, 0.717) is 13.0 Å². The number of nitrogens with one attached hydrogen (secondary N) is 1. The average molecular weight is 252 g/mol. The van der Waals surface area contributed by atoms with Crippen LogP contribution in [-0.4, -0.2) is 42.3 Å². The predicted molar refractivity (Wildman–Crippen MR) is 40.8 cm³/mol. The van der Waals surface area contributed by atoms with Gasteiger partial charge in [-0.05, 0) is 12.6 Å². The molecule has 1 heterocycles. The first kappa shape index (κ1) is 15.4. The second-order valence-corrected chi connectivity index (χ2v) is 2.32. The van der Waals surface area contributed by atoms with E-state index in [1.54, 1.807) is 0 Å². The molecule has 0 aliphatic carbocycles. The molecule has 0 aromatic carbocycles. The zero-order valence-corrected chi connectivity index (χ0v) is 9.94. The molecule has 0 spiro atoms. The minimum absolute atomic E-state index is 0. The summed E-state index contributed by atoms with van der Waals surface area (Å²) in [4.78, 5) is 0. The molecule has 1 aliphatic rings. The molecule has 1 radical (unpaired) electrons. The van der Waals surface area contributed by atoms with Crippen molar-refractivity contribution in [3.8, 4) is 0 Å². The minimum atomic E-state index is -0.787. The first-order chi connectivity index (χ1) is 5.20. The van der Waals surface area contributed by atoms with E-state index in [9.17, 15) is 0 Å². The monoisotopic (exact) mass is 252 g/mol. The number of rotatable bonds is 0. The van der Waals surface area contributed by atoms with E-state index in [4.69, 9.17) is 26.4 Å². The number of hydrogen-bond acceptors (Lipinski definition) is 4. The molecule has 5 nitrogen and oxygen atoms in total. The van der Waals surface area contributed by atoms with Crippen LogP contribution in [0.3, 0.4) is 0 Å². The maximum Gasteiger partial charge on any atom is 0.0625 e. The molecular formula is C6H15N2O3Y-. The van der Waals surface area contributed by atoms with Gasteiger partial charge in [0.05, 0.1) is 12.7 Å². The smallest absolute Gasteiger partial charge is 0.0625 e. The zero-order chi connectivity index (χ0) is 8.85. The second kappa shape index (κ2) is 8.50. The Bertz CT molecular complexity index is 107. The molecule has 0 bridgehead atoms. The topological polar surface area (TPSA) is 99.5 Å². The van der Waals surface area contributed by atoms with E-state index < -0.39 is 12.3 Å². The van der Waals surface area contributed by atoms with Crippen molar-refractivity contribution in [2.24, 2.45) is 5.73 Å². The SMILES string of the molecule is CO.[NH-]C1OCC(N)CC1O.[Y]. The van der Waals surface area contributed by atoms with Crippen LogP contribution in [0.1, 0.15) is 6.42 Å². The number of nitrogens with two attached hydrogens (primary N) is 1. The fraction of sp³-hybridized carbons (Fsp3) is 1.00. The van der Waals surface area contributed by atoms with Crippen molar-refractivity contribution in [2.45, 2.75) is 24.8 Å². The Morgan fingerprint density at radius 3 is 2.33 bits per heavy atom. The molecule has 1 aliphatic heterocycles. The number of aliphatic hydroxyl groups excluding tert-OH is 2. The molecule has 0 amide bonds. The minimum Gasteiger partial charge on any atom is -0.650 e. The number of hydrogen-bond donors (Lipinski definition) is 3. The van der Waals surface area contributed by atoms with Crippen molar-refractivity contribution in [2.75, 3.05) is 13.7 Å². The Labute approximate surface area is 97.3 Å². The second-order valence-electron chi connectivity index (χ2n) is 2.32. The van der Waals surface area contributed by atoms with Crippen molar-refractivity contribution < 1.29 is 47.7 Å². The summed E-state index contributed by atoms with van der Waals surface area (Å²) >= 11 is 0. The van der Waals surface area contributed by atoms with Crippen LogP contribution < -0.4 is 5.73 Å². The summed E-state index contributed by atoms with van der Waals surface area (Å²) in [7, 11) is 1.00. The van der Waals surface area contributed by atoms with E-state index in [1.165, 1.54) is 0 Å². The van der Waals surface area contributed by atoms with Gasteiger partial charge in [0.25, 0.3) is 0 Å². The normalized spacial score (nSPS) is 34.2. The fourth-order valence-electron chi connectivity index (χ4n) is 0.840. The average Bonchev–Trinajstić information content (AvgIpc) is 2.02. The van der Waals surface area contributed by atoms with Gasteiger partial charge in [-0.3, -0.25) is 0 Å². The summed E-state index contributed by atoms with van der Waals surface area (Å²) in [5.74, 6) is 0. The third-order valence-electron chi connectivity index (χ3n) is 1.38. The van der Waals surface area contributed by atoms with Gasteiger partial charge in [0, 0.05) is 45.9 Å². The van der Waals surface area contributed by atoms with Gasteiger partial charge >= 0.3 is 0 Å². The van der Waals surface area contributed by atoms with Crippen LogP contribution in [0.2, 0.25) is 0 Å². The van der Waals surface area contributed by atoms with Crippen LogP contribution in [-0.2, 0) is 37.4 Å².